The second kappa shape index (κ2) is 9.91. The number of likely N-dealkylation sites (tertiary alicyclic amines) is 1. The van der Waals surface area contributed by atoms with Gasteiger partial charge in [-0.25, -0.2) is 14.2 Å². The summed E-state index contributed by atoms with van der Waals surface area (Å²) in [6, 6.07) is 11.0. The van der Waals surface area contributed by atoms with Gasteiger partial charge in [0.25, 0.3) is 0 Å². The number of piperidine rings is 1. The van der Waals surface area contributed by atoms with Crippen molar-refractivity contribution in [1.82, 2.24) is 19.0 Å². The van der Waals surface area contributed by atoms with E-state index in [1.165, 1.54) is 27.8 Å². The smallest absolute Gasteiger partial charge is 0.331 e. The number of hydrogen-bond acceptors (Lipinski definition) is 4. The van der Waals surface area contributed by atoms with Crippen molar-refractivity contribution in [3.05, 3.63) is 70.2 Å². The zero-order valence-corrected chi connectivity index (χ0v) is 19.7. The minimum atomic E-state index is -0.265. The fourth-order valence-electron chi connectivity index (χ4n) is 4.54. The van der Waals surface area contributed by atoms with Crippen molar-refractivity contribution >= 4 is 0 Å². The first-order chi connectivity index (χ1) is 15.8. The standard InChI is InChI=1S/C26H33FN4O2/c1-18(2)13-31-25(32)17-30(26(31)33)15-20-6-8-21(9-7-20)23-11-10-22(27)24(28-23)16-29-12-4-5-19(3)14-29/h6-11,17-19,32H,4-5,12-16H2,1-3H3. The predicted octanol–water partition coefficient (Wildman–Crippen LogP) is 4.49. The lowest BCUT2D eigenvalue weighted by Crippen LogP contribution is -2.34. The molecule has 3 heterocycles. The Balaban J connectivity index is 1.49. The lowest BCUT2D eigenvalue weighted by Gasteiger charge is -2.30. The fraction of sp³-hybridized carbons (Fsp3) is 0.462. The Morgan fingerprint density at radius 1 is 1.15 bits per heavy atom. The molecule has 0 amide bonds. The molecule has 1 fully saturated rings. The minimum absolute atomic E-state index is 0.0172. The molecule has 1 aliphatic heterocycles. The van der Waals surface area contributed by atoms with Crippen molar-refractivity contribution < 1.29 is 9.50 Å². The van der Waals surface area contributed by atoms with Crippen molar-refractivity contribution in [1.29, 1.82) is 0 Å². The van der Waals surface area contributed by atoms with Crippen LogP contribution >= 0.6 is 0 Å². The van der Waals surface area contributed by atoms with Gasteiger partial charge in [0.1, 0.15) is 5.82 Å². The Labute approximate surface area is 194 Å². The number of pyridine rings is 1. The maximum atomic E-state index is 14.5. The van der Waals surface area contributed by atoms with Crippen molar-refractivity contribution in [3.63, 3.8) is 0 Å². The molecule has 1 N–H and O–H groups in total. The summed E-state index contributed by atoms with van der Waals surface area (Å²) in [4.78, 5) is 19.5. The first kappa shape index (κ1) is 23.2. The minimum Gasteiger partial charge on any atom is -0.493 e. The Bertz CT molecular complexity index is 1150. The monoisotopic (exact) mass is 452 g/mol. The van der Waals surface area contributed by atoms with Gasteiger partial charge in [0.2, 0.25) is 5.88 Å². The third kappa shape index (κ3) is 5.53. The Hall–Kier alpha value is -2.93. The van der Waals surface area contributed by atoms with Crippen LogP contribution in [0.25, 0.3) is 11.3 Å². The third-order valence-electron chi connectivity index (χ3n) is 6.21. The molecule has 0 saturated carbocycles. The summed E-state index contributed by atoms with van der Waals surface area (Å²) in [5.74, 6) is 0.611. The van der Waals surface area contributed by atoms with Gasteiger partial charge in [0, 0.05) is 25.2 Å². The number of rotatable bonds is 7. The van der Waals surface area contributed by atoms with E-state index in [0.29, 0.717) is 31.2 Å². The summed E-state index contributed by atoms with van der Waals surface area (Å²) in [5.41, 5.74) is 2.84. The van der Waals surface area contributed by atoms with Crippen LogP contribution in [-0.2, 0) is 19.6 Å². The Kier molecular flexibility index (Phi) is 6.98. The van der Waals surface area contributed by atoms with Gasteiger partial charge in [-0.05, 0) is 48.9 Å². The molecule has 4 rings (SSSR count). The Morgan fingerprint density at radius 3 is 2.61 bits per heavy atom. The van der Waals surface area contributed by atoms with Crippen molar-refractivity contribution in [2.45, 2.75) is 53.2 Å². The van der Waals surface area contributed by atoms with Crippen LogP contribution in [0.5, 0.6) is 5.88 Å². The number of hydrogen-bond donors (Lipinski definition) is 1. The molecule has 0 spiro atoms. The van der Waals surface area contributed by atoms with Crippen LogP contribution in [-0.4, -0.2) is 37.2 Å². The van der Waals surface area contributed by atoms with Gasteiger partial charge in [-0.1, -0.05) is 45.0 Å². The molecule has 3 aromatic rings. The van der Waals surface area contributed by atoms with Crippen LogP contribution in [0, 0.1) is 17.7 Å². The molecule has 33 heavy (non-hydrogen) atoms. The molecule has 6 nitrogen and oxygen atoms in total. The van der Waals surface area contributed by atoms with Gasteiger partial charge in [0.05, 0.1) is 24.1 Å². The summed E-state index contributed by atoms with van der Waals surface area (Å²) in [5, 5.41) is 10.1. The molecule has 7 heteroatoms. The lowest BCUT2D eigenvalue weighted by molar-refractivity contribution is 0.173. The molecule has 1 aromatic carbocycles. The molecule has 2 aromatic heterocycles. The Morgan fingerprint density at radius 2 is 1.91 bits per heavy atom. The zero-order chi connectivity index (χ0) is 23.5. The maximum absolute atomic E-state index is 14.5. The highest BCUT2D eigenvalue weighted by Crippen LogP contribution is 2.23. The third-order valence-corrected chi connectivity index (χ3v) is 6.21. The second-order valence-corrected chi connectivity index (χ2v) is 9.71. The summed E-state index contributed by atoms with van der Waals surface area (Å²) >= 11 is 0. The van der Waals surface area contributed by atoms with Gasteiger partial charge in [0.15, 0.2) is 0 Å². The molecule has 1 aliphatic rings. The lowest BCUT2D eigenvalue weighted by atomic mass is 10.00. The largest absolute Gasteiger partial charge is 0.493 e. The molecule has 0 aliphatic carbocycles. The van der Waals surface area contributed by atoms with Crippen molar-refractivity contribution in [3.8, 4) is 17.1 Å². The van der Waals surface area contributed by atoms with E-state index in [0.717, 1.165) is 36.3 Å². The van der Waals surface area contributed by atoms with Gasteiger partial charge in [-0.3, -0.25) is 14.0 Å². The van der Waals surface area contributed by atoms with E-state index in [1.807, 2.05) is 38.1 Å². The van der Waals surface area contributed by atoms with Crippen LogP contribution in [0.3, 0.4) is 0 Å². The first-order valence-corrected chi connectivity index (χ1v) is 11.8. The molecule has 1 unspecified atom stereocenters. The number of imidazole rings is 1. The van der Waals surface area contributed by atoms with Gasteiger partial charge in [-0.15, -0.1) is 0 Å². The van der Waals surface area contributed by atoms with E-state index in [-0.39, 0.29) is 23.3 Å². The summed E-state index contributed by atoms with van der Waals surface area (Å²) < 4.78 is 17.4. The molecular weight excluding hydrogens is 419 g/mol. The van der Waals surface area contributed by atoms with E-state index in [4.69, 9.17) is 0 Å². The number of aromatic hydroxyl groups is 1. The maximum Gasteiger partial charge on any atom is 0.331 e. The predicted molar refractivity (Wildman–Crippen MR) is 128 cm³/mol. The van der Waals surface area contributed by atoms with Crippen LogP contribution in [0.1, 0.15) is 44.9 Å². The average Bonchev–Trinajstić information content (AvgIpc) is 3.03. The SMILES string of the molecule is CC(C)Cn1c(O)cn(Cc2ccc(-c3ccc(F)c(CN4CCCC(C)C4)n3)cc2)c1=O. The van der Waals surface area contributed by atoms with Crippen molar-refractivity contribution in [2.75, 3.05) is 13.1 Å². The van der Waals surface area contributed by atoms with Crippen LogP contribution in [0.2, 0.25) is 0 Å². The van der Waals surface area contributed by atoms with Gasteiger partial charge >= 0.3 is 5.69 Å². The summed E-state index contributed by atoms with van der Waals surface area (Å²) in [6.07, 6.45) is 3.85. The molecule has 0 bridgehead atoms. The van der Waals surface area contributed by atoms with E-state index >= 15 is 0 Å². The van der Waals surface area contributed by atoms with Gasteiger partial charge < -0.3 is 5.11 Å². The molecule has 0 radical (unpaired) electrons. The average molecular weight is 453 g/mol. The van der Waals surface area contributed by atoms with E-state index < -0.39 is 0 Å². The van der Waals surface area contributed by atoms with E-state index in [1.54, 1.807) is 6.07 Å². The van der Waals surface area contributed by atoms with Crippen molar-refractivity contribution in [2.24, 2.45) is 11.8 Å². The number of benzene rings is 1. The summed E-state index contributed by atoms with van der Waals surface area (Å²) in [6.45, 7) is 9.59. The topological polar surface area (TPSA) is 63.3 Å². The number of aromatic nitrogens is 3. The highest BCUT2D eigenvalue weighted by Gasteiger charge is 2.19. The quantitative estimate of drug-likeness (QED) is 0.574. The second-order valence-electron chi connectivity index (χ2n) is 9.71. The fourth-order valence-corrected chi connectivity index (χ4v) is 4.54. The normalized spacial score (nSPS) is 17.1. The highest BCUT2D eigenvalue weighted by molar-refractivity contribution is 5.59. The summed E-state index contributed by atoms with van der Waals surface area (Å²) in [7, 11) is 0. The first-order valence-electron chi connectivity index (χ1n) is 11.8. The number of nitrogens with zero attached hydrogens (tertiary/aromatic N) is 4. The van der Waals surface area contributed by atoms with Gasteiger partial charge in [-0.2, -0.15) is 0 Å². The van der Waals surface area contributed by atoms with Crippen LogP contribution in [0.15, 0.2) is 47.4 Å². The zero-order valence-electron chi connectivity index (χ0n) is 19.7. The van der Waals surface area contributed by atoms with E-state index in [2.05, 4.69) is 16.8 Å². The molecule has 1 atom stereocenters. The van der Waals surface area contributed by atoms with Crippen LogP contribution in [0.4, 0.5) is 4.39 Å². The highest BCUT2D eigenvalue weighted by atomic mass is 19.1. The van der Waals surface area contributed by atoms with Crippen LogP contribution < -0.4 is 5.69 Å². The number of halogens is 1. The molecule has 1 saturated heterocycles. The molecule has 176 valence electrons. The van der Waals surface area contributed by atoms with E-state index in [9.17, 15) is 14.3 Å². The molecular formula is C26H33FN4O2.